The van der Waals surface area contributed by atoms with Gasteiger partial charge in [-0.3, -0.25) is 4.98 Å². The van der Waals surface area contributed by atoms with Gasteiger partial charge >= 0.3 is 0 Å². The second kappa shape index (κ2) is 5.14. The Morgan fingerprint density at radius 3 is 3.05 bits per heavy atom. The molecule has 98 valence electrons. The van der Waals surface area contributed by atoms with Crippen molar-refractivity contribution >= 4 is 17.3 Å². The number of para-hydroxylation sites is 2. The van der Waals surface area contributed by atoms with E-state index < -0.39 is 0 Å². The summed E-state index contributed by atoms with van der Waals surface area (Å²) >= 11 is 0. The first-order valence-electron chi connectivity index (χ1n) is 6.37. The van der Waals surface area contributed by atoms with Crippen molar-refractivity contribution in [2.24, 2.45) is 0 Å². The first-order valence-corrected chi connectivity index (χ1v) is 6.37. The fourth-order valence-electron chi connectivity index (χ4n) is 2.17. The molecular formula is C14H16N4O. The van der Waals surface area contributed by atoms with Gasteiger partial charge in [-0.05, 0) is 18.6 Å². The topological polar surface area (TPSA) is 50.3 Å². The summed E-state index contributed by atoms with van der Waals surface area (Å²) < 4.78 is 5.75. The number of benzene rings is 1. The van der Waals surface area contributed by atoms with E-state index in [4.69, 9.17) is 4.74 Å². The minimum Gasteiger partial charge on any atom is -0.491 e. The number of nitrogens with one attached hydrogen (secondary N) is 1. The number of ether oxygens (including phenoxy) is 1. The molecule has 0 atom stereocenters. The van der Waals surface area contributed by atoms with Gasteiger partial charge in [0.2, 0.25) is 0 Å². The van der Waals surface area contributed by atoms with E-state index in [0.717, 1.165) is 42.6 Å². The van der Waals surface area contributed by atoms with Crippen LogP contribution in [0.15, 0.2) is 36.7 Å². The van der Waals surface area contributed by atoms with E-state index in [2.05, 4.69) is 20.2 Å². The molecule has 0 saturated carbocycles. The van der Waals surface area contributed by atoms with Gasteiger partial charge in [0.05, 0.1) is 24.7 Å². The van der Waals surface area contributed by atoms with Crippen molar-refractivity contribution in [3.8, 4) is 5.75 Å². The average Bonchev–Trinajstić information content (AvgIpc) is 2.69. The Labute approximate surface area is 112 Å². The Kier molecular flexibility index (Phi) is 3.18. The number of rotatable bonds is 2. The van der Waals surface area contributed by atoms with Gasteiger partial charge in [0.25, 0.3) is 0 Å². The fourth-order valence-corrected chi connectivity index (χ4v) is 2.17. The molecule has 1 aromatic heterocycles. The van der Waals surface area contributed by atoms with Crippen LogP contribution in [-0.2, 0) is 0 Å². The molecule has 1 aliphatic rings. The molecule has 19 heavy (non-hydrogen) atoms. The summed E-state index contributed by atoms with van der Waals surface area (Å²) in [5.74, 6) is 2.50. The van der Waals surface area contributed by atoms with Crippen LogP contribution in [0.3, 0.4) is 0 Å². The molecule has 0 unspecified atom stereocenters. The minimum absolute atomic E-state index is 0.729. The zero-order valence-electron chi connectivity index (χ0n) is 10.8. The Hall–Kier alpha value is -2.30. The normalized spacial score (nSPS) is 14.3. The Balaban J connectivity index is 2.03. The maximum Gasteiger partial charge on any atom is 0.154 e. The number of nitrogens with zero attached hydrogens (tertiary/aromatic N) is 3. The lowest BCUT2D eigenvalue weighted by Gasteiger charge is -2.22. The summed E-state index contributed by atoms with van der Waals surface area (Å²) in [5.41, 5.74) is 1.04. The highest BCUT2D eigenvalue weighted by Gasteiger charge is 2.18. The molecular weight excluding hydrogens is 240 g/mol. The highest BCUT2D eigenvalue weighted by Crippen LogP contribution is 2.34. The molecule has 0 aliphatic carbocycles. The van der Waals surface area contributed by atoms with Crippen LogP contribution < -0.4 is 15.0 Å². The summed E-state index contributed by atoms with van der Waals surface area (Å²) in [7, 11) is 1.84. The largest absolute Gasteiger partial charge is 0.491 e. The second-order valence-corrected chi connectivity index (χ2v) is 4.33. The van der Waals surface area contributed by atoms with E-state index in [0.29, 0.717) is 0 Å². The van der Waals surface area contributed by atoms with Gasteiger partial charge in [-0.15, -0.1) is 0 Å². The highest BCUT2D eigenvalue weighted by molar-refractivity contribution is 5.67. The van der Waals surface area contributed by atoms with Gasteiger partial charge in [0.15, 0.2) is 5.82 Å². The van der Waals surface area contributed by atoms with E-state index in [9.17, 15) is 0 Å². The smallest absolute Gasteiger partial charge is 0.154 e. The van der Waals surface area contributed by atoms with Crippen LogP contribution in [0.2, 0.25) is 0 Å². The minimum atomic E-state index is 0.729. The van der Waals surface area contributed by atoms with Gasteiger partial charge < -0.3 is 15.0 Å². The lowest BCUT2D eigenvalue weighted by atomic mass is 10.2. The number of hydrogen-bond donors (Lipinski definition) is 1. The number of hydrogen-bond acceptors (Lipinski definition) is 5. The third-order valence-corrected chi connectivity index (χ3v) is 3.09. The molecule has 2 aromatic rings. The van der Waals surface area contributed by atoms with Crippen molar-refractivity contribution in [3.63, 3.8) is 0 Å². The van der Waals surface area contributed by atoms with Gasteiger partial charge in [-0.2, -0.15) is 0 Å². The van der Waals surface area contributed by atoms with E-state index >= 15 is 0 Å². The second-order valence-electron chi connectivity index (χ2n) is 4.33. The summed E-state index contributed by atoms with van der Waals surface area (Å²) in [6, 6.07) is 8.03. The molecule has 1 aliphatic heterocycles. The van der Waals surface area contributed by atoms with Gasteiger partial charge in [-0.1, -0.05) is 12.1 Å². The van der Waals surface area contributed by atoms with E-state index in [1.54, 1.807) is 12.4 Å². The molecule has 1 N–H and O–H groups in total. The van der Waals surface area contributed by atoms with Crippen molar-refractivity contribution in [2.45, 2.75) is 6.42 Å². The summed E-state index contributed by atoms with van der Waals surface area (Å²) in [6.45, 7) is 1.60. The lowest BCUT2D eigenvalue weighted by molar-refractivity contribution is 0.322. The van der Waals surface area contributed by atoms with Gasteiger partial charge in [0.1, 0.15) is 11.6 Å². The first kappa shape index (κ1) is 11.8. The molecule has 0 radical (unpaired) electrons. The summed E-state index contributed by atoms with van der Waals surface area (Å²) in [6.07, 6.45) is 4.45. The number of aromatic nitrogens is 2. The predicted octanol–water partition coefficient (Wildman–Crippen LogP) is 2.44. The maximum atomic E-state index is 5.75. The third-order valence-electron chi connectivity index (χ3n) is 3.09. The molecule has 0 amide bonds. The molecule has 2 heterocycles. The van der Waals surface area contributed by atoms with Crippen LogP contribution in [0.4, 0.5) is 17.3 Å². The monoisotopic (exact) mass is 256 g/mol. The number of anilines is 3. The van der Waals surface area contributed by atoms with Gasteiger partial charge in [0, 0.05) is 13.6 Å². The molecule has 0 saturated heterocycles. The molecule has 5 nitrogen and oxygen atoms in total. The predicted molar refractivity (Wildman–Crippen MR) is 75.1 cm³/mol. The fraction of sp³-hybridized carbons (Fsp3) is 0.286. The molecule has 0 spiro atoms. The van der Waals surface area contributed by atoms with Crippen LogP contribution in [0.5, 0.6) is 5.75 Å². The third kappa shape index (κ3) is 2.31. The van der Waals surface area contributed by atoms with Crippen LogP contribution >= 0.6 is 0 Å². The summed E-state index contributed by atoms with van der Waals surface area (Å²) in [5, 5.41) is 3.01. The van der Waals surface area contributed by atoms with E-state index in [-0.39, 0.29) is 0 Å². The van der Waals surface area contributed by atoms with Crippen molar-refractivity contribution in [2.75, 3.05) is 30.4 Å². The van der Waals surface area contributed by atoms with Crippen molar-refractivity contribution < 1.29 is 4.74 Å². The standard InChI is InChI=1S/C14H16N4O/c1-15-13-9-16-10-14(17-13)18-7-4-8-19-12-6-3-2-5-11(12)18/h2-3,5-6,9-10H,4,7-8H2,1H3,(H,15,17). The number of fused-ring (bicyclic) bond motifs is 1. The molecule has 3 rings (SSSR count). The average molecular weight is 256 g/mol. The van der Waals surface area contributed by atoms with Crippen molar-refractivity contribution in [3.05, 3.63) is 36.7 Å². The molecule has 5 heteroatoms. The Morgan fingerprint density at radius 1 is 1.26 bits per heavy atom. The Morgan fingerprint density at radius 2 is 2.16 bits per heavy atom. The summed E-state index contributed by atoms with van der Waals surface area (Å²) in [4.78, 5) is 10.9. The van der Waals surface area contributed by atoms with Crippen LogP contribution in [0.25, 0.3) is 0 Å². The highest BCUT2D eigenvalue weighted by atomic mass is 16.5. The SMILES string of the molecule is CNc1cncc(N2CCCOc3ccccc32)n1. The Bertz CT molecular complexity index is 573. The lowest BCUT2D eigenvalue weighted by Crippen LogP contribution is -2.19. The quantitative estimate of drug-likeness (QED) is 0.894. The van der Waals surface area contributed by atoms with Crippen molar-refractivity contribution in [1.82, 2.24) is 9.97 Å². The van der Waals surface area contributed by atoms with Gasteiger partial charge in [-0.25, -0.2) is 4.98 Å². The molecule has 0 fully saturated rings. The van der Waals surface area contributed by atoms with Crippen LogP contribution in [0, 0.1) is 0 Å². The maximum absolute atomic E-state index is 5.75. The van der Waals surface area contributed by atoms with Crippen LogP contribution in [0.1, 0.15) is 6.42 Å². The zero-order valence-corrected chi connectivity index (χ0v) is 10.8. The first-order chi connectivity index (χ1) is 9.38. The van der Waals surface area contributed by atoms with E-state index in [1.807, 2.05) is 31.3 Å². The molecule has 1 aromatic carbocycles. The van der Waals surface area contributed by atoms with Crippen molar-refractivity contribution in [1.29, 1.82) is 0 Å². The zero-order chi connectivity index (χ0) is 13.1. The van der Waals surface area contributed by atoms with E-state index in [1.165, 1.54) is 0 Å². The van der Waals surface area contributed by atoms with Crippen LogP contribution in [-0.4, -0.2) is 30.2 Å². The molecule has 0 bridgehead atoms.